The number of hydrogen-bond acceptors (Lipinski definition) is 2. The molecule has 0 aliphatic heterocycles. The second-order valence-corrected chi connectivity index (χ2v) is 6.45. The van der Waals surface area contributed by atoms with Gasteiger partial charge in [-0.2, -0.15) is 0 Å². The van der Waals surface area contributed by atoms with E-state index in [1.807, 2.05) is 13.1 Å². The van der Waals surface area contributed by atoms with Crippen molar-refractivity contribution in [1.29, 1.82) is 0 Å². The first-order chi connectivity index (χ1) is 9.31. The van der Waals surface area contributed by atoms with Gasteiger partial charge in [0.25, 0.3) is 0 Å². The molecule has 2 unspecified atom stereocenters. The Hall–Kier alpha value is -0.830. The third kappa shape index (κ3) is 2.45. The molecule has 0 radical (unpaired) electrons. The van der Waals surface area contributed by atoms with Crippen molar-refractivity contribution in [3.05, 3.63) is 56.7 Å². The molecular weight excluding hydrogens is 274 g/mol. The molecule has 0 saturated carbocycles. The number of aryl methyl sites for hydroxylation is 1. The second kappa shape index (κ2) is 5.66. The minimum atomic E-state index is 0.328. The van der Waals surface area contributed by atoms with Gasteiger partial charge in [0.2, 0.25) is 0 Å². The highest BCUT2D eigenvalue weighted by atomic mass is 35.5. The Bertz CT molecular complexity index is 563. The summed E-state index contributed by atoms with van der Waals surface area (Å²) in [7, 11) is 2.04. The van der Waals surface area contributed by atoms with Crippen LogP contribution in [-0.4, -0.2) is 7.05 Å². The van der Waals surface area contributed by atoms with Crippen molar-refractivity contribution < 1.29 is 0 Å². The van der Waals surface area contributed by atoms with Crippen LogP contribution in [0.3, 0.4) is 0 Å². The monoisotopic (exact) mass is 291 g/mol. The average molecular weight is 292 g/mol. The first kappa shape index (κ1) is 13.2. The van der Waals surface area contributed by atoms with E-state index in [-0.39, 0.29) is 0 Å². The summed E-state index contributed by atoms with van der Waals surface area (Å²) in [6.07, 6.45) is 3.71. The first-order valence-electron chi connectivity index (χ1n) is 6.79. The van der Waals surface area contributed by atoms with E-state index < -0.39 is 0 Å². The molecule has 19 heavy (non-hydrogen) atoms. The zero-order valence-electron chi connectivity index (χ0n) is 11.0. The predicted octanol–water partition coefficient (Wildman–Crippen LogP) is 4.78. The zero-order chi connectivity index (χ0) is 13.2. The summed E-state index contributed by atoms with van der Waals surface area (Å²) in [4.78, 5) is 1.27. The largest absolute Gasteiger partial charge is 0.312 e. The predicted molar refractivity (Wildman–Crippen MR) is 83.3 cm³/mol. The standard InChI is InChI=1S/C16H18ClNS/c1-18-15(16-14(17)9-10-19-16)13-8-4-6-11-5-2-3-7-12(11)13/h2-3,5,7,9-10,13,15,18H,4,6,8H2,1H3. The lowest BCUT2D eigenvalue weighted by Gasteiger charge is -2.32. The molecule has 1 aromatic carbocycles. The Kier molecular flexibility index (Phi) is 3.92. The van der Waals surface area contributed by atoms with Crippen LogP contribution in [0.1, 0.15) is 40.8 Å². The maximum absolute atomic E-state index is 6.33. The van der Waals surface area contributed by atoms with Gasteiger partial charge in [0.1, 0.15) is 0 Å². The summed E-state index contributed by atoms with van der Waals surface area (Å²) in [6, 6.07) is 11.2. The molecule has 0 spiro atoms. The average Bonchev–Trinajstić information content (AvgIpc) is 2.86. The molecule has 100 valence electrons. The van der Waals surface area contributed by atoms with E-state index in [4.69, 9.17) is 11.6 Å². The molecule has 0 fully saturated rings. The number of benzene rings is 1. The van der Waals surface area contributed by atoms with Gasteiger partial charge in [-0.15, -0.1) is 11.3 Å². The number of nitrogens with one attached hydrogen (secondary N) is 1. The SMILES string of the molecule is CNC(c1sccc1Cl)C1CCCc2ccccc21. The van der Waals surface area contributed by atoms with Crippen molar-refractivity contribution in [1.82, 2.24) is 5.32 Å². The smallest absolute Gasteiger partial charge is 0.0561 e. The fourth-order valence-corrected chi connectivity index (χ4v) is 4.53. The number of hydrogen-bond donors (Lipinski definition) is 1. The molecule has 3 heteroatoms. The quantitative estimate of drug-likeness (QED) is 0.858. The molecule has 2 atom stereocenters. The van der Waals surface area contributed by atoms with Gasteiger partial charge in [-0.05, 0) is 48.9 Å². The third-order valence-electron chi connectivity index (χ3n) is 4.06. The van der Waals surface area contributed by atoms with Crippen LogP contribution < -0.4 is 5.32 Å². The van der Waals surface area contributed by atoms with Gasteiger partial charge in [0.05, 0.1) is 5.02 Å². The number of thiophene rings is 1. The summed E-state index contributed by atoms with van der Waals surface area (Å²) in [5, 5.41) is 6.46. The van der Waals surface area contributed by atoms with E-state index in [0.717, 1.165) is 5.02 Å². The summed E-state index contributed by atoms with van der Waals surface area (Å²) >= 11 is 8.09. The molecule has 3 rings (SSSR count). The minimum absolute atomic E-state index is 0.328. The minimum Gasteiger partial charge on any atom is -0.312 e. The molecule has 1 heterocycles. The number of fused-ring (bicyclic) bond motifs is 1. The molecule has 0 bridgehead atoms. The van der Waals surface area contributed by atoms with Crippen LogP contribution in [0.5, 0.6) is 0 Å². The summed E-state index contributed by atoms with van der Waals surface area (Å²) in [5.41, 5.74) is 3.00. The van der Waals surface area contributed by atoms with Gasteiger partial charge in [-0.1, -0.05) is 35.9 Å². The van der Waals surface area contributed by atoms with Crippen molar-refractivity contribution in [2.24, 2.45) is 0 Å². The summed E-state index contributed by atoms with van der Waals surface area (Å²) < 4.78 is 0. The Balaban J connectivity index is 2.00. The maximum atomic E-state index is 6.33. The molecule has 1 nitrogen and oxygen atoms in total. The molecule has 2 aromatic rings. The molecule has 0 saturated heterocycles. The van der Waals surface area contributed by atoms with Crippen LogP contribution in [0.25, 0.3) is 0 Å². The Labute approximate surface area is 123 Å². The van der Waals surface area contributed by atoms with Crippen molar-refractivity contribution >= 4 is 22.9 Å². The lowest BCUT2D eigenvalue weighted by Crippen LogP contribution is -2.26. The zero-order valence-corrected chi connectivity index (χ0v) is 12.6. The van der Waals surface area contributed by atoms with Gasteiger partial charge in [-0.25, -0.2) is 0 Å². The maximum Gasteiger partial charge on any atom is 0.0561 e. The number of likely N-dealkylation sites (N-methyl/N-ethyl adjacent to an activating group) is 1. The van der Waals surface area contributed by atoms with E-state index in [0.29, 0.717) is 12.0 Å². The lowest BCUT2D eigenvalue weighted by molar-refractivity contribution is 0.430. The molecule has 1 aliphatic rings. The van der Waals surface area contributed by atoms with E-state index in [9.17, 15) is 0 Å². The van der Waals surface area contributed by atoms with E-state index in [1.165, 1.54) is 35.3 Å². The Morgan fingerprint density at radius 1 is 1.32 bits per heavy atom. The summed E-state index contributed by atoms with van der Waals surface area (Å²) in [6.45, 7) is 0. The highest BCUT2D eigenvalue weighted by molar-refractivity contribution is 7.10. The van der Waals surface area contributed by atoms with Crippen molar-refractivity contribution in [3.8, 4) is 0 Å². The highest BCUT2D eigenvalue weighted by Crippen LogP contribution is 2.43. The van der Waals surface area contributed by atoms with Crippen LogP contribution in [0, 0.1) is 0 Å². The summed E-state index contributed by atoms with van der Waals surface area (Å²) in [5.74, 6) is 0.533. The van der Waals surface area contributed by atoms with Crippen LogP contribution in [-0.2, 0) is 6.42 Å². The topological polar surface area (TPSA) is 12.0 Å². The van der Waals surface area contributed by atoms with Crippen LogP contribution in [0.2, 0.25) is 5.02 Å². The van der Waals surface area contributed by atoms with E-state index in [1.54, 1.807) is 11.3 Å². The van der Waals surface area contributed by atoms with Crippen molar-refractivity contribution in [3.63, 3.8) is 0 Å². The van der Waals surface area contributed by atoms with Crippen LogP contribution >= 0.6 is 22.9 Å². The second-order valence-electron chi connectivity index (χ2n) is 5.10. The first-order valence-corrected chi connectivity index (χ1v) is 8.05. The fourth-order valence-electron chi connectivity index (χ4n) is 3.18. The van der Waals surface area contributed by atoms with Crippen molar-refractivity contribution in [2.45, 2.75) is 31.2 Å². The molecular formula is C16H18ClNS. The lowest BCUT2D eigenvalue weighted by atomic mass is 9.78. The van der Waals surface area contributed by atoms with Gasteiger partial charge in [0.15, 0.2) is 0 Å². The highest BCUT2D eigenvalue weighted by Gasteiger charge is 2.29. The number of rotatable bonds is 3. The van der Waals surface area contributed by atoms with Crippen LogP contribution in [0.4, 0.5) is 0 Å². The molecule has 1 aliphatic carbocycles. The molecule has 1 aromatic heterocycles. The third-order valence-corrected chi connectivity index (χ3v) is 5.50. The molecule has 1 N–H and O–H groups in total. The molecule has 0 amide bonds. The van der Waals surface area contributed by atoms with Gasteiger partial charge in [0, 0.05) is 16.8 Å². The van der Waals surface area contributed by atoms with E-state index in [2.05, 4.69) is 35.0 Å². The Morgan fingerprint density at radius 3 is 2.89 bits per heavy atom. The normalized spacial score (nSPS) is 20.0. The Morgan fingerprint density at radius 2 is 2.16 bits per heavy atom. The van der Waals surface area contributed by atoms with Gasteiger partial charge < -0.3 is 5.32 Å². The van der Waals surface area contributed by atoms with Gasteiger partial charge in [-0.3, -0.25) is 0 Å². The fraction of sp³-hybridized carbons (Fsp3) is 0.375. The van der Waals surface area contributed by atoms with E-state index >= 15 is 0 Å². The van der Waals surface area contributed by atoms with Crippen LogP contribution in [0.15, 0.2) is 35.7 Å². The number of halogens is 1. The van der Waals surface area contributed by atoms with Gasteiger partial charge >= 0.3 is 0 Å². The van der Waals surface area contributed by atoms with Crippen molar-refractivity contribution in [2.75, 3.05) is 7.05 Å².